The summed E-state index contributed by atoms with van der Waals surface area (Å²) in [6, 6.07) is 26.0. The molecule has 0 aliphatic rings. The highest BCUT2D eigenvalue weighted by atomic mass is 35.5. The molecule has 0 fully saturated rings. The fourth-order valence-corrected chi connectivity index (χ4v) is 4.53. The third kappa shape index (κ3) is 6.18. The summed E-state index contributed by atoms with van der Waals surface area (Å²) in [6.07, 6.45) is 0.809. The zero-order chi connectivity index (χ0) is 23.8. The Morgan fingerprint density at radius 3 is 2.38 bits per heavy atom. The van der Waals surface area contributed by atoms with Crippen LogP contribution in [0.4, 0.5) is 0 Å². The Labute approximate surface area is 208 Å². The Hall–Kier alpha value is -3.29. The van der Waals surface area contributed by atoms with Crippen LogP contribution in [0.5, 0.6) is 5.75 Å². The van der Waals surface area contributed by atoms with E-state index in [1.165, 1.54) is 22.9 Å². The summed E-state index contributed by atoms with van der Waals surface area (Å²) < 4.78 is 5.37. The summed E-state index contributed by atoms with van der Waals surface area (Å²) >= 11 is 7.38. The van der Waals surface area contributed by atoms with Gasteiger partial charge in [-0.3, -0.25) is 9.89 Å². The summed E-state index contributed by atoms with van der Waals surface area (Å²) in [5.41, 5.74) is 3.19. The fraction of sp³-hybridized carbons (Fsp3) is 0.192. The summed E-state index contributed by atoms with van der Waals surface area (Å²) in [4.78, 5) is 16.9. The normalized spacial score (nSPS) is 10.9. The molecule has 4 aromatic rings. The number of nitrogens with one attached hydrogen (secondary N) is 2. The van der Waals surface area contributed by atoms with Crippen LogP contribution in [-0.4, -0.2) is 40.5 Å². The number of carbonyl (C=O) groups excluding carboxylic acids is 1. The maximum Gasteiger partial charge on any atom is 0.230 e. The molecule has 0 aliphatic carbocycles. The molecule has 1 aromatic heterocycles. The molecular formula is C26H25ClN4O2S. The number of hydrogen-bond acceptors (Lipinski definition) is 5. The Bertz CT molecular complexity index is 1180. The number of aromatic amines is 1. The van der Waals surface area contributed by atoms with Gasteiger partial charge in [0, 0.05) is 17.5 Å². The number of carbonyl (C=O) groups is 1. The molecule has 0 spiro atoms. The first-order valence-corrected chi connectivity index (χ1v) is 12.3. The van der Waals surface area contributed by atoms with Crippen molar-refractivity contribution in [3.05, 3.63) is 95.0 Å². The summed E-state index contributed by atoms with van der Waals surface area (Å²) in [7, 11) is 1.59. The Balaban J connectivity index is 1.31. The van der Waals surface area contributed by atoms with E-state index in [1.54, 1.807) is 25.3 Å². The van der Waals surface area contributed by atoms with Gasteiger partial charge in [-0.1, -0.05) is 84.0 Å². The van der Waals surface area contributed by atoms with Crippen LogP contribution in [0.2, 0.25) is 5.02 Å². The van der Waals surface area contributed by atoms with Crippen LogP contribution in [0.15, 0.2) is 84.0 Å². The minimum Gasteiger partial charge on any atom is -0.496 e. The average molecular weight is 493 g/mol. The number of methoxy groups -OCH3 is 1. The maximum absolute atomic E-state index is 12.5. The molecule has 8 heteroatoms. The monoisotopic (exact) mass is 492 g/mol. The predicted octanol–water partition coefficient (Wildman–Crippen LogP) is 5.56. The smallest absolute Gasteiger partial charge is 0.230 e. The van der Waals surface area contributed by atoms with Gasteiger partial charge in [0.05, 0.1) is 18.4 Å². The third-order valence-electron chi connectivity index (χ3n) is 5.37. The lowest BCUT2D eigenvalue weighted by atomic mass is 9.88. The second kappa shape index (κ2) is 11.7. The predicted molar refractivity (Wildman–Crippen MR) is 136 cm³/mol. The maximum atomic E-state index is 12.5. The van der Waals surface area contributed by atoms with Crippen molar-refractivity contribution in [1.29, 1.82) is 0 Å². The Kier molecular flexibility index (Phi) is 8.22. The molecule has 1 amide bonds. The van der Waals surface area contributed by atoms with E-state index in [-0.39, 0.29) is 17.6 Å². The van der Waals surface area contributed by atoms with Crippen LogP contribution >= 0.6 is 23.4 Å². The van der Waals surface area contributed by atoms with Crippen LogP contribution < -0.4 is 10.1 Å². The van der Waals surface area contributed by atoms with Crippen molar-refractivity contribution in [1.82, 2.24) is 20.5 Å². The standard InChI is InChI=1S/C26H25ClN4O2S/c1-33-23-13-12-20(27)16-22(23)25-29-26(31-30-25)34-17-24(32)28-15-14-21(18-8-4-2-5-9-18)19-10-6-3-7-11-19/h2-13,16,21H,14-15,17H2,1H3,(H,28,32)(H,29,30,31). The first-order valence-electron chi connectivity index (χ1n) is 10.9. The number of thioether (sulfide) groups is 1. The second-order valence-electron chi connectivity index (χ2n) is 7.61. The molecular weight excluding hydrogens is 468 g/mol. The van der Waals surface area contributed by atoms with Gasteiger partial charge in [-0.2, -0.15) is 0 Å². The second-order valence-corrected chi connectivity index (χ2v) is 8.99. The van der Waals surface area contributed by atoms with Crippen LogP contribution in [0.3, 0.4) is 0 Å². The number of aromatic nitrogens is 3. The average Bonchev–Trinajstić information content (AvgIpc) is 3.35. The van der Waals surface area contributed by atoms with Gasteiger partial charge in [-0.05, 0) is 35.7 Å². The van der Waals surface area contributed by atoms with Gasteiger partial charge < -0.3 is 10.1 Å². The van der Waals surface area contributed by atoms with Crippen molar-refractivity contribution in [2.45, 2.75) is 17.5 Å². The van der Waals surface area contributed by atoms with Gasteiger partial charge >= 0.3 is 0 Å². The molecule has 1 heterocycles. The van der Waals surface area contributed by atoms with E-state index in [4.69, 9.17) is 16.3 Å². The van der Waals surface area contributed by atoms with E-state index in [9.17, 15) is 4.79 Å². The van der Waals surface area contributed by atoms with E-state index in [1.807, 2.05) is 36.4 Å². The van der Waals surface area contributed by atoms with Crippen LogP contribution in [0, 0.1) is 0 Å². The Morgan fingerprint density at radius 2 is 1.74 bits per heavy atom. The summed E-state index contributed by atoms with van der Waals surface area (Å²) in [6.45, 7) is 0.576. The van der Waals surface area contributed by atoms with Crippen molar-refractivity contribution >= 4 is 29.3 Å². The molecule has 0 aliphatic heterocycles. The van der Waals surface area contributed by atoms with Gasteiger partial charge in [0.2, 0.25) is 11.1 Å². The molecule has 0 bridgehead atoms. The van der Waals surface area contributed by atoms with Crippen molar-refractivity contribution < 1.29 is 9.53 Å². The fourth-order valence-electron chi connectivity index (χ4n) is 3.73. The molecule has 0 unspecified atom stereocenters. The van der Waals surface area contributed by atoms with Crippen molar-refractivity contribution in [3.63, 3.8) is 0 Å². The highest BCUT2D eigenvalue weighted by Crippen LogP contribution is 2.31. The van der Waals surface area contributed by atoms with Crippen LogP contribution in [0.25, 0.3) is 11.4 Å². The quantitative estimate of drug-likeness (QED) is 0.283. The molecule has 0 saturated heterocycles. The molecule has 0 atom stereocenters. The SMILES string of the molecule is COc1ccc(Cl)cc1-c1nc(SCC(=O)NCCC(c2ccccc2)c2ccccc2)n[nH]1. The van der Waals surface area contributed by atoms with Crippen molar-refractivity contribution in [3.8, 4) is 17.1 Å². The van der Waals surface area contributed by atoms with Gasteiger partial charge in [0.15, 0.2) is 5.82 Å². The van der Waals surface area contributed by atoms with Crippen LogP contribution in [0.1, 0.15) is 23.5 Å². The number of halogens is 1. The molecule has 4 rings (SSSR count). The largest absolute Gasteiger partial charge is 0.496 e. The number of ether oxygens (including phenoxy) is 1. The lowest BCUT2D eigenvalue weighted by Crippen LogP contribution is -2.27. The number of H-pyrrole nitrogens is 1. The van der Waals surface area contributed by atoms with Gasteiger partial charge in [0.1, 0.15) is 5.75 Å². The minimum atomic E-state index is -0.0587. The van der Waals surface area contributed by atoms with E-state index in [0.29, 0.717) is 33.9 Å². The summed E-state index contributed by atoms with van der Waals surface area (Å²) in [5, 5.41) is 11.2. The number of rotatable bonds is 10. The van der Waals surface area contributed by atoms with E-state index < -0.39 is 0 Å². The third-order valence-corrected chi connectivity index (χ3v) is 6.46. The molecule has 6 nitrogen and oxygen atoms in total. The lowest BCUT2D eigenvalue weighted by Gasteiger charge is -2.18. The highest BCUT2D eigenvalue weighted by molar-refractivity contribution is 7.99. The zero-order valence-electron chi connectivity index (χ0n) is 18.7. The highest BCUT2D eigenvalue weighted by Gasteiger charge is 2.15. The van der Waals surface area contributed by atoms with Gasteiger partial charge in [-0.25, -0.2) is 4.98 Å². The molecule has 3 aromatic carbocycles. The van der Waals surface area contributed by atoms with Gasteiger partial charge in [-0.15, -0.1) is 5.10 Å². The Morgan fingerprint density at radius 1 is 1.06 bits per heavy atom. The molecule has 0 saturated carbocycles. The van der Waals surface area contributed by atoms with Crippen molar-refractivity contribution in [2.75, 3.05) is 19.4 Å². The number of benzene rings is 3. The number of amides is 1. The van der Waals surface area contributed by atoms with E-state index in [0.717, 1.165) is 6.42 Å². The number of nitrogens with zero attached hydrogens (tertiary/aromatic N) is 2. The summed E-state index contributed by atoms with van der Waals surface area (Å²) in [5.74, 6) is 1.57. The van der Waals surface area contributed by atoms with Gasteiger partial charge in [0.25, 0.3) is 0 Å². The lowest BCUT2D eigenvalue weighted by molar-refractivity contribution is -0.118. The molecule has 34 heavy (non-hydrogen) atoms. The molecule has 0 radical (unpaired) electrons. The zero-order valence-corrected chi connectivity index (χ0v) is 20.3. The molecule has 174 valence electrons. The van der Waals surface area contributed by atoms with E-state index in [2.05, 4.69) is 44.8 Å². The topological polar surface area (TPSA) is 79.9 Å². The van der Waals surface area contributed by atoms with Crippen LogP contribution in [-0.2, 0) is 4.79 Å². The first-order chi connectivity index (χ1) is 16.6. The minimum absolute atomic E-state index is 0.0587. The first kappa shape index (κ1) is 23.9. The van der Waals surface area contributed by atoms with Crippen molar-refractivity contribution in [2.24, 2.45) is 0 Å². The van der Waals surface area contributed by atoms with E-state index >= 15 is 0 Å². The molecule has 2 N–H and O–H groups in total. The number of hydrogen-bond donors (Lipinski definition) is 2.